The van der Waals surface area contributed by atoms with E-state index in [0.29, 0.717) is 38.1 Å². The number of benzene rings is 2. The molecule has 1 unspecified atom stereocenters. The van der Waals surface area contributed by atoms with Crippen LogP contribution in [0.25, 0.3) is 0 Å². The predicted molar refractivity (Wildman–Crippen MR) is 91.7 cm³/mol. The molecule has 0 aromatic heterocycles. The molecule has 2 aliphatic heterocycles. The number of para-hydroxylation sites is 1. The summed E-state index contributed by atoms with van der Waals surface area (Å²) in [6.45, 7) is 1.41. The van der Waals surface area contributed by atoms with E-state index in [9.17, 15) is 14.7 Å². The maximum atomic E-state index is 12.9. The first kappa shape index (κ1) is 15.7. The minimum atomic E-state index is -0.908. The van der Waals surface area contributed by atoms with Crippen LogP contribution in [0, 0.1) is 5.92 Å². The maximum absolute atomic E-state index is 12.9. The van der Waals surface area contributed by atoms with Crippen LogP contribution in [0.3, 0.4) is 0 Å². The molecule has 0 saturated heterocycles. The Labute approximate surface area is 145 Å². The molecule has 0 radical (unpaired) electrons. The summed E-state index contributed by atoms with van der Waals surface area (Å²) in [5.74, 6) is -0.143. The second-order valence-corrected chi connectivity index (χ2v) is 6.58. The fourth-order valence-corrected chi connectivity index (χ4v) is 3.74. The lowest BCUT2D eigenvalue weighted by Gasteiger charge is -2.34. The molecule has 2 aliphatic rings. The van der Waals surface area contributed by atoms with Gasteiger partial charge in [0.15, 0.2) is 0 Å². The Morgan fingerprint density at radius 3 is 2.72 bits per heavy atom. The summed E-state index contributed by atoms with van der Waals surface area (Å²) in [6, 6.07) is 13.1. The Kier molecular flexibility index (Phi) is 3.92. The van der Waals surface area contributed by atoms with Gasteiger partial charge >= 0.3 is 5.97 Å². The van der Waals surface area contributed by atoms with Gasteiger partial charge < -0.3 is 14.7 Å². The van der Waals surface area contributed by atoms with Crippen LogP contribution in [-0.4, -0.2) is 35.0 Å². The van der Waals surface area contributed by atoms with Crippen LogP contribution in [0.5, 0.6) is 5.75 Å². The van der Waals surface area contributed by atoms with Gasteiger partial charge in [-0.05, 0) is 41.7 Å². The van der Waals surface area contributed by atoms with E-state index >= 15 is 0 Å². The van der Waals surface area contributed by atoms with Crippen molar-refractivity contribution in [3.63, 3.8) is 0 Å². The first-order chi connectivity index (χ1) is 12.1. The average molecular weight is 337 g/mol. The molecule has 4 rings (SSSR count). The van der Waals surface area contributed by atoms with Gasteiger partial charge in [-0.2, -0.15) is 0 Å². The molecule has 25 heavy (non-hydrogen) atoms. The van der Waals surface area contributed by atoms with Gasteiger partial charge in [-0.15, -0.1) is 0 Å². The number of carbonyl (C=O) groups is 2. The van der Waals surface area contributed by atoms with E-state index < -0.39 is 5.97 Å². The first-order valence-electron chi connectivity index (χ1n) is 8.47. The largest absolute Gasteiger partial charge is 0.492 e. The molecule has 1 atom stereocenters. The zero-order valence-corrected chi connectivity index (χ0v) is 13.8. The smallest absolute Gasteiger partial charge is 0.335 e. The monoisotopic (exact) mass is 337 g/mol. The van der Waals surface area contributed by atoms with Gasteiger partial charge in [-0.1, -0.05) is 30.3 Å². The molecule has 0 bridgehead atoms. The van der Waals surface area contributed by atoms with Crippen LogP contribution in [0.15, 0.2) is 42.5 Å². The third kappa shape index (κ3) is 2.86. The SMILES string of the molecule is O=C(O)c1cccc2c1CCN(C(=O)C1COc3ccccc3C1)C2. The highest BCUT2D eigenvalue weighted by Gasteiger charge is 2.32. The van der Waals surface area contributed by atoms with Crippen LogP contribution in [0.4, 0.5) is 0 Å². The van der Waals surface area contributed by atoms with Crippen LogP contribution in [-0.2, 0) is 24.2 Å². The standard InChI is InChI=1S/C20H19NO4/c22-19(15-10-13-4-1-2-7-18(13)25-12-15)21-9-8-16-14(11-21)5-3-6-17(16)20(23)24/h1-7,15H,8-12H2,(H,23,24). The van der Waals surface area contributed by atoms with Crippen molar-refractivity contribution in [2.24, 2.45) is 5.92 Å². The summed E-state index contributed by atoms with van der Waals surface area (Å²) in [6.07, 6.45) is 1.27. The maximum Gasteiger partial charge on any atom is 0.335 e. The zero-order valence-electron chi connectivity index (χ0n) is 13.8. The van der Waals surface area contributed by atoms with Crippen molar-refractivity contribution >= 4 is 11.9 Å². The van der Waals surface area contributed by atoms with Gasteiger partial charge in [-0.3, -0.25) is 4.79 Å². The van der Waals surface area contributed by atoms with Crippen LogP contribution in [0.1, 0.15) is 27.0 Å². The number of aromatic carboxylic acids is 1. The van der Waals surface area contributed by atoms with Gasteiger partial charge in [0.05, 0.1) is 11.5 Å². The van der Waals surface area contributed by atoms with Crippen LogP contribution < -0.4 is 4.74 Å². The molecule has 1 amide bonds. The molecule has 0 aliphatic carbocycles. The molecular weight excluding hydrogens is 318 g/mol. The second kappa shape index (κ2) is 6.24. The first-order valence-corrected chi connectivity index (χ1v) is 8.47. The number of rotatable bonds is 2. The number of amides is 1. The fourth-order valence-electron chi connectivity index (χ4n) is 3.74. The highest BCUT2D eigenvalue weighted by Crippen LogP contribution is 2.29. The molecule has 5 nitrogen and oxygen atoms in total. The van der Waals surface area contributed by atoms with Gasteiger partial charge in [0.1, 0.15) is 12.4 Å². The number of fused-ring (bicyclic) bond motifs is 2. The molecule has 2 aromatic rings. The van der Waals surface area contributed by atoms with E-state index in [1.54, 1.807) is 12.1 Å². The second-order valence-electron chi connectivity index (χ2n) is 6.58. The Morgan fingerprint density at radius 1 is 1.08 bits per heavy atom. The molecule has 5 heteroatoms. The van der Waals surface area contributed by atoms with Gasteiger partial charge in [0.25, 0.3) is 0 Å². The van der Waals surface area contributed by atoms with Crippen molar-refractivity contribution in [1.82, 2.24) is 4.90 Å². The van der Waals surface area contributed by atoms with Gasteiger partial charge in [-0.25, -0.2) is 4.79 Å². The van der Waals surface area contributed by atoms with Crippen LogP contribution >= 0.6 is 0 Å². The minimum absolute atomic E-state index is 0.0841. The number of nitrogens with zero attached hydrogens (tertiary/aromatic N) is 1. The van der Waals surface area contributed by atoms with Crippen molar-refractivity contribution in [3.05, 3.63) is 64.7 Å². The molecule has 2 heterocycles. The average Bonchev–Trinajstić information content (AvgIpc) is 2.66. The zero-order chi connectivity index (χ0) is 17.4. The Morgan fingerprint density at radius 2 is 1.88 bits per heavy atom. The molecular formula is C20H19NO4. The summed E-state index contributed by atoms with van der Waals surface area (Å²) in [7, 11) is 0. The molecule has 0 spiro atoms. The number of carbonyl (C=O) groups excluding carboxylic acids is 1. The normalized spacial score (nSPS) is 18.7. The number of hydrogen-bond acceptors (Lipinski definition) is 3. The molecule has 2 aromatic carbocycles. The lowest BCUT2D eigenvalue weighted by molar-refractivity contribution is -0.137. The lowest BCUT2D eigenvalue weighted by atomic mass is 9.91. The number of carboxylic acids is 1. The van der Waals surface area contributed by atoms with Crippen LogP contribution in [0.2, 0.25) is 0 Å². The van der Waals surface area contributed by atoms with Crippen molar-refractivity contribution in [2.45, 2.75) is 19.4 Å². The quantitative estimate of drug-likeness (QED) is 0.914. The van der Waals surface area contributed by atoms with Gasteiger partial charge in [0.2, 0.25) is 5.91 Å². The van der Waals surface area contributed by atoms with E-state index in [2.05, 4.69) is 0 Å². The highest BCUT2D eigenvalue weighted by molar-refractivity contribution is 5.90. The summed E-state index contributed by atoms with van der Waals surface area (Å²) in [5.41, 5.74) is 3.19. The molecule has 0 fully saturated rings. The third-order valence-electron chi connectivity index (χ3n) is 5.04. The predicted octanol–water partition coefficient (Wildman–Crippen LogP) is 2.52. The van der Waals surface area contributed by atoms with E-state index in [-0.39, 0.29) is 11.8 Å². The van der Waals surface area contributed by atoms with Crippen molar-refractivity contribution in [2.75, 3.05) is 13.2 Å². The summed E-state index contributed by atoms with van der Waals surface area (Å²) in [4.78, 5) is 26.1. The fraction of sp³-hybridized carbons (Fsp3) is 0.300. The third-order valence-corrected chi connectivity index (χ3v) is 5.04. The minimum Gasteiger partial charge on any atom is -0.492 e. The molecule has 1 N–H and O–H groups in total. The van der Waals surface area contributed by atoms with Crippen molar-refractivity contribution in [1.29, 1.82) is 0 Å². The van der Waals surface area contributed by atoms with E-state index in [1.807, 2.05) is 35.2 Å². The summed E-state index contributed by atoms with van der Waals surface area (Å²) in [5, 5.41) is 9.32. The number of carboxylic acid groups (broad SMARTS) is 1. The highest BCUT2D eigenvalue weighted by atomic mass is 16.5. The van der Waals surface area contributed by atoms with Crippen molar-refractivity contribution in [3.8, 4) is 5.75 Å². The summed E-state index contributed by atoms with van der Waals surface area (Å²) < 4.78 is 5.74. The Balaban J connectivity index is 1.52. The lowest BCUT2D eigenvalue weighted by Crippen LogP contribution is -2.43. The molecule has 0 saturated carbocycles. The summed E-state index contributed by atoms with van der Waals surface area (Å²) >= 11 is 0. The Hall–Kier alpha value is -2.82. The Bertz CT molecular complexity index is 845. The molecule has 128 valence electrons. The van der Waals surface area contributed by atoms with E-state index in [0.717, 1.165) is 22.4 Å². The van der Waals surface area contributed by atoms with Crippen molar-refractivity contribution < 1.29 is 19.4 Å². The topological polar surface area (TPSA) is 66.8 Å². The number of hydrogen-bond donors (Lipinski definition) is 1. The van der Waals surface area contributed by atoms with Gasteiger partial charge in [0, 0.05) is 13.1 Å². The van der Waals surface area contributed by atoms with E-state index in [4.69, 9.17) is 4.74 Å². The number of ether oxygens (including phenoxy) is 1. The van der Waals surface area contributed by atoms with E-state index in [1.165, 1.54) is 0 Å².